The Morgan fingerprint density at radius 3 is 2.43 bits per heavy atom. The Morgan fingerprint density at radius 1 is 0.913 bits per heavy atom. The summed E-state index contributed by atoms with van der Waals surface area (Å²) in [4.78, 5) is 7.77. The molecule has 0 amide bonds. The molecule has 0 spiro atoms. The van der Waals surface area contributed by atoms with Gasteiger partial charge < -0.3 is 10.5 Å². The van der Waals surface area contributed by atoms with Crippen LogP contribution < -0.4 is 10.5 Å². The van der Waals surface area contributed by atoms with Crippen LogP contribution in [0.15, 0.2) is 48.8 Å². The van der Waals surface area contributed by atoms with Crippen molar-refractivity contribution in [1.29, 1.82) is 0 Å². The van der Waals surface area contributed by atoms with Crippen LogP contribution >= 0.6 is 0 Å². The second kappa shape index (κ2) is 5.96. The highest BCUT2D eigenvalue weighted by Gasteiger charge is 2.16. The summed E-state index contributed by atoms with van der Waals surface area (Å²) in [5.41, 5.74) is 5.93. The van der Waals surface area contributed by atoms with E-state index in [0.29, 0.717) is 0 Å². The molecule has 0 atom stereocenters. The minimum Gasteiger partial charge on any atom is -0.437 e. The summed E-state index contributed by atoms with van der Waals surface area (Å²) >= 11 is 0. The Bertz CT molecular complexity index is 871. The first kappa shape index (κ1) is 14.8. The smallest absolute Gasteiger partial charge is 0.246 e. The zero-order chi connectivity index (χ0) is 16.4. The van der Waals surface area contributed by atoms with Crippen LogP contribution in [0.5, 0.6) is 11.6 Å². The van der Waals surface area contributed by atoms with Gasteiger partial charge in [0.25, 0.3) is 0 Å². The van der Waals surface area contributed by atoms with Crippen LogP contribution in [0.1, 0.15) is 0 Å². The average Bonchev–Trinajstić information content (AvgIpc) is 2.50. The van der Waals surface area contributed by atoms with Gasteiger partial charge in [0, 0.05) is 17.7 Å². The van der Waals surface area contributed by atoms with E-state index in [9.17, 15) is 13.2 Å². The number of hydrogen-bond acceptors (Lipinski definition) is 4. The number of nitrogen functional groups attached to an aromatic ring is 1. The lowest BCUT2D eigenvalue weighted by atomic mass is 10.1. The lowest BCUT2D eigenvalue weighted by Gasteiger charge is -2.11. The number of ether oxygens (including phenoxy) is 1. The fourth-order valence-electron chi connectivity index (χ4n) is 2.00. The van der Waals surface area contributed by atoms with E-state index in [2.05, 4.69) is 9.97 Å². The third-order valence-electron chi connectivity index (χ3n) is 3.04. The van der Waals surface area contributed by atoms with Gasteiger partial charge in [-0.3, -0.25) is 0 Å². The Labute approximate surface area is 129 Å². The summed E-state index contributed by atoms with van der Waals surface area (Å²) in [7, 11) is 0. The van der Waals surface area contributed by atoms with Crippen LogP contribution in [-0.2, 0) is 0 Å². The van der Waals surface area contributed by atoms with Gasteiger partial charge in [-0.15, -0.1) is 0 Å². The highest BCUT2D eigenvalue weighted by Crippen LogP contribution is 2.33. The van der Waals surface area contributed by atoms with Crippen LogP contribution in [0, 0.1) is 17.5 Å². The molecule has 2 aromatic carbocycles. The first-order valence-corrected chi connectivity index (χ1v) is 6.54. The quantitative estimate of drug-likeness (QED) is 0.795. The molecule has 0 saturated heterocycles. The van der Waals surface area contributed by atoms with Crippen LogP contribution in [0.3, 0.4) is 0 Å². The fourth-order valence-corrected chi connectivity index (χ4v) is 2.00. The van der Waals surface area contributed by atoms with Gasteiger partial charge in [-0.05, 0) is 24.3 Å². The van der Waals surface area contributed by atoms with Crippen molar-refractivity contribution in [3.63, 3.8) is 0 Å². The molecular weight excluding hydrogens is 307 g/mol. The lowest BCUT2D eigenvalue weighted by molar-refractivity contribution is 0.459. The van der Waals surface area contributed by atoms with Gasteiger partial charge in [0.15, 0.2) is 0 Å². The summed E-state index contributed by atoms with van der Waals surface area (Å²) in [5.74, 6) is -1.88. The van der Waals surface area contributed by atoms with Gasteiger partial charge in [0.05, 0.1) is 0 Å². The van der Waals surface area contributed by atoms with E-state index in [0.717, 1.165) is 24.5 Å². The molecule has 0 unspecified atom stereocenters. The number of halogens is 3. The lowest BCUT2D eigenvalue weighted by Crippen LogP contribution is -2.01. The number of aromatic nitrogens is 2. The largest absolute Gasteiger partial charge is 0.437 e. The highest BCUT2D eigenvalue weighted by molar-refractivity contribution is 5.76. The summed E-state index contributed by atoms with van der Waals surface area (Å²) in [6, 6.07) is 8.42. The molecule has 1 aromatic heterocycles. The van der Waals surface area contributed by atoms with Crippen LogP contribution in [0.2, 0.25) is 0 Å². The summed E-state index contributed by atoms with van der Waals surface area (Å²) in [6.07, 6.45) is 1.13. The topological polar surface area (TPSA) is 61.0 Å². The molecule has 3 rings (SSSR count). The summed E-state index contributed by atoms with van der Waals surface area (Å²) in [5, 5.41) is 0. The van der Waals surface area contributed by atoms with Gasteiger partial charge >= 0.3 is 0 Å². The molecule has 116 valence electrons. The van der Waals surface area contributed by atoms with Crippen molar-refractivity contribution in [2.45, 2.75) is 0 Å². The summed E-state index contributed by atoms with van der Waals surface area (Å²) in [6.45, 7) is 0. The van der Waals surface area contributed by atoms with Crippen LogP contribution in [-0.4, -0.2) is 9.97 Å². The van der Waals surface area contributed by atoms with E-state index in [1.165, 1.54) is 24.3 Å². The maximum atomic E-state index is 13.9. The Balaban J connectivity index is 2.01. The van der Waals surface area contributed by atoms with E-state index in [1.54, 1.807) is 0 Å². The van der Waals surface area contributed by atoms with Gasteiger partial charge in [-0.25, -0.2) is 18.2 Å². The molecular formula is C16H10F3N3O. The van der Waals surface area contributed by atoms with Gasteiger partial charge in [-0.2, -0.15) is 4.98 Å². The third-order valence-corrected chi connectivity index (χ3v) is 3.04. The number of rotatable bonds is 3. The van der Waals surface area contributed by atoms with E-state index in [-0.39, 0.29) is 28.6 Å². The molecule has 0 radical (unpaired) electrons. The zero-order valence-corrected chi connectivity index (χ0v) is 11.6. The first-order valence-electron chi connectivity index (χ1n) is 6.54. The number of nitrogens with zero attached hydrogens (tertiary/aromatic N) is 2. The second-order valence-corrected chi connectivity index (χ2v) is 4.62. The number of benzene rings is 2. The summed E-state index contributed by atoms with van der Waals surface area (Å²) < 4.78 is 45.5. The van der Waals surface area contributed by atoms with Crippen molar-refractivity contribution in [2.75, 3.05) is 5.73 Å². The Morgan fingerprint density at radius 2 is 1.70 bits per heavy atom. The van der Waals surface area contributed by atoms with E-state index < -0.39 is 17.5 Å². The van der Waals surface area contributed by atoms with E-state index >= 15 is 0 Å². The van der Waals surface area contributed by atoms with Gasteiger partial charge in [0.1, 0.15) is 40.9 Å². The molecule has 0 fully saturated rings. The zero-order valence-electron chi connectivity index (χ0n) is 11.6. The van der Waals surface area contributed by atoms with Crippen molar-refractivity contribution >= 4 is 5.69 Å². The minimum atomic E-state index is -0.813. The monoisotopic (exact) mass is 317 g/mol. The fraction of sp³-hybridized carbons (Fsp3) is 0. The maximum absolute atomic E-state index is 13.9. The molecule has 0 aliphatic carbocycles. The Kier molecular flexibility index (Phi) is 3.84. The third kappa shape index (κ3) is 3.08. The number of hydrogen-bond donors (Lipinski definition) is 1. The van der Waals surface area contributed by atoms with E-state index in [4.69, 9.17) is 10.5 Å². The van der Waals surface area contributed by atoms with Crippen molar-refractivity contribution in [3.05, 3.63) is 66.2 Å². The normalized spacial score (nSPS) is 10.6. The average molecular weight is 317 g/mol. The first-order chi connectivity index (χ1) is 11.0. The molecule has 3 aromatic rings. The molecule has 1 heterocycles. The van der Waals surface area contributed by atoms with E-state index in [1.807, 2.05) is 0 Å². The number of anilines is 1. The predicted molar refractivity (Wildman–Crippen MR) is 78.3 cm³/mol. The molecule has 0 aliphatic heterocycles. The predicted octanol–water partition coefficient (Wildman–Crippen LogP) is 3.94. The maximum Gasteiger partial charge on any atom is 0.246 e. The number of nitrogens with two attached hydrogens (primary N) is 1. The SMILES string of the molecule is Nc1c(Oc2cccc(F)c2)ncnc1-c1ccc(F)cc1F. The molecule has 4 nitrogen and oxygen atoms in total. The molecule has 2 N–H and O–H groups in total. The minimum absolute atomic E-state index is 0.00962. The Hall–Kier alpha value is -3.09. The van der Waals surface area contributed by atoms with Crippen molar-refractivity contribution in [3.8, 4) is 22.9 Å². The van der Waals surface area contributed by atoms with Gasteiger partial charge in [0.2, 0.25) is 5.88 Å². The molecule has 0 bridgehead atoms. The van der Waals surface area contributed by atoms with Crippen molar-refractivity contribution in [2.24, 2.45) is 0 Å². The van der Waals surface area contributed by atoms with Crippen LogP contribution in [0.25, 0.3) is 11.3 Å². The molecule has 23 heavy (non-hydrogen) atoms. The highest BCUT2D eigenvalue weighted by atomic mass is 19.1. The standard InChI is InChI=1S/C16H10F3N3O/c17-9-2-1-3-11(6-9)23-16-14(20)15(21-8-22-16)12-5-4-10(18)7-13(12)19/h1-8H,20H2. The van der Waals surface area contributed by atoms with Crippen LogP contribution in [0.4, 0.5) is 18.9 Å². The van der Waals surface area contributed by atoms with Gasteiger partial charge in [-0.1, -0.05) is 6.07 Å². The second-order valence-electron chi connectivity index (χ2n) is 4.62. The molecule has 7 heteroatoms. The molecule has 0 aliphatic rings. The van der Waals surface area contributed by atoms with Crippen molar-refractivity contribution < 1.29 is 17.9 Å². The van der Waals surface area contributed by atoms with Crippen molar-refractivity contribution in [1.82, 2.24) is 9.97 Å². The molecule has 0 saturated carbocycles.